The summed E-state index contributed by atoms with van der Waals surface area (Å²) in [5, 5.41) is 0. The SMILES string of the molecule is O=C(OCc1ccccc1)N1CCN(C2CCC3(CC2)OCCO3)CC1. The molecule has 0 radical (unpaired) electrons. The predicted octanol–water partition coefficient (Wildman–Crippen LogP) is 2.63. The molecule has 1 aromatic carbocycles. The maximum Gasteiger partial charge on any atom is 0.410 e. The Balaban J connectivity index is 1.20. The average Bonchev–Trinajstić information content (AvgIpc) is 3.16. The quantitative estimate of drug-likeness (QED) is 0.829. The van der Waals surface area contributed by atoms with E-state index >= 15 is 0 Å². The van der Waals surface area contributed by atoms with Gasteiger partial charge in [0.1, 0.15) is 6.61 Å². The topological polar surface area (TPSA) is 51.2 Å². The van der Waals surface area contributed by atoms with Crippen LogP contribution >= 0.6 is 0 Å². The van der Waals surface area contributed by atoms with E-state index < -0.39 is 0 Å². The minimum absolute atomic E-state index is 0.205. The molecule has 2 aliphatic heterocycles. The Morgan fingerprint density at radius 2 is 1.69 bits per heavy atom. The molecule has 1 saturated carbocycles. The van der Waals surface area contributed by atoms with Gasteiger partial charge in [-0.15, -0.1) is 0 Å². The summed E-state index contributed by atoms with van der Waals surface area (Å²) in [6.45, 7) is 5.11. The second kappa shape index (κ2) is 7.94. The van der Waals surface area contributed by atoms with Gasteiger partial charge in [0.25, 0.3) is 0 Å². The van der Waals surface area contributed by atoms with Crippen LogP contribution in [0.1, 0.15) is 31.2 Å². The van der Waals surface area contributed by atoms with Gasteiger partial charge in [0.05, 0.1) is 13.2 Å². The zero-order chi connectivity index (χ0) is 17.8. The summed E-state index contributed by atoms with van der Waals surface area (Å²) in [4.78, 5) is 16.6. The highest BCUT2D eigenvalue weighted by molar-refractivity contribution is 5.67. The molecule has 3 fully saturated rings. The molecule has 4 rings (SSSR count). The molecule has 1 amide bonds. The molecule has 1 aromatic rings. The number of benzene rings is 1. The number of amides is 1. The fourth-order valence-corrected chi connectivity index (χ4v) is 4.27. The van der Waals surface area contributed by atoms with Crippen LogP contribution in [0.25, 0.3) is 0 Å². The molecule has 0 N–H and O–H groups in total. The van der Waals surface area contributed by atoms with Gasteiger partial charge in [-0.3, -0.25) is 4.90 Å². The Kier molecular flexibility index (Phi) is 5.43. The number of carbonyl (C=O) groups excluding carboxylic acids is 1. The van der Waals surface area contributed by atoms with Gasteiger partial charge in [-0.2, -0.15) is 0 Å². The van der Waals surface area contributed by atoms with Gasteiger partial charge in [-0.05, 0) is 18.4 Å². The van der Waals surface area contributed by atoms with Crippen molar-refractivity contribution in [1.82, 2.24) is 9.80 Å². The van der Waals surface area contributed by atoms with Crippen LogP contribution in [0.4, 0.5) is 4.79 Å². The predicted molar refractivity (Wildman–Crippen MR) is 96.7 cm³/mol. The van der Waals surface area contributed by atoms with Crippen LogP contribution < -0.4 is 0 Å². The van der Waals surface area contributed by atoms with Gasteiger partial charge in [0.15, 0.2) is 5.79 Å². The van der Waals surface area contributed by atoms with Crippen molar-refractivity contribution < 1.29 is 19.0 Å². The highest BCUT2D eigenvalue weighted by atomic mass is 16.7. The molecule has 6 heteroatoms. The first-order valence-corrected chi connectivity index (χ1v) is 9.72. The molecule has 1 spiro atoms. The zero-order valence-electron chi connectivity index (χ0n) is 15.3. The molecule has 142 valence electrons. The summed E-state index contributed by atoms with van der Waals surface area (Å²) in [6.07, 6.45) is 3.98. The lowest BCUT2D eigenvalue weighted by Crippen LogP contribution is -2.53. The lowest BCUT2D eigenvalue weighted by Gasteiger charge is -2.43. The Labute approximate surface area is 155 Å². The number of nitrogens with zero attached hydrogens (tertiary/aromatic N) is 2. The smallest absolute Gasteiger partial charge is 0.410 e. The minimum Gasteiger partial charge on any atom is -0.445 e. The third kappa shape index (κ3) is 4.03. The van der Waals surface area contributed by atoms with Gasteiger partial charge in [0.2, 0.25) is 0 Å². The number of rotatable bonds is 3. The Morgan fingerprint density at radius 3 is 2.35 bits per heavy atom. The van der Waals surface area contributed by atoms with E-state index in [1.54, 1.807) is 0 Å². The molecule has 0 atom stereocenters. The van der Waals surface area contributed by atoms with Crippen molar-refractivity contribution in [2.24, 2.45) is 0 Å². The van der Waals surface area contributed by atoms with E-state index in [0.717, 1.165) is 70.6 Å². The third-order valence-corrected chi connectivity index (χ3v) is 5.82. The number of carbonyl (C=O) groups is 1. The van der Waals surface area contributed by atoms with Crippen molar-refractivity contribution in [2.75, 3.05) is 39.4 Å². The molecule has 0 aromatic heterocycles. The molecule has 2 heterocycles. The highest BCUT2D eigenvalue weighted by Crippen LogP contribution is 2.37. The minimum atomic E-state index is -0.292. The van der Waals surface area contributed by atoms with E-state index in [4.69, 9.17) is 14.2 Å². The molecule has 0 bridgehead atoms. The lowest BCUT2D eigenvalue weighted by molar-refractivity contribution is -0.184. The monoisotopic (exact) mass is 360 g/mol. The summed E-state index contributed by atoms with van der Waals surface area (Å²) in [6, 6.07) is 10.4. The maximum absolute atomic E-state index is 12.3. The molecular weight excluding hydrogens is 332 g/mol. The van der Waals surface area contributed by atoms with Gasteiger partial charge < -0.3 is 19.1 Å². The van der Waals surface area contributed by atoms with Crippen LogP contribution in [0, 0.1) is 0 Å². The van der Waals surface area contributed by atoms with Crippen molar-refractivity contribution in [3.63, 3.8) is 0 Å². The lowest BCUT2D eigenvalue weighted by atomic mass is 9.89. The van der Waals surface area contributed by atoms with Gasteiger partial charge >= 0.3 is 6.09 Å². The first kappa shape index (κ1) is 17.8. The van der Waals surface area contributed by atoms with Crippen LogP contribution in [0.5, 0.6) is 0 Å². The molecule has 6 nitrogen and oxygen atoms in total. The van der Waals surface area contributed by atoms with Crippen LogP contribution in [-0.2, 0) is 20.8 Å². The number of ether oxygens (including phenoxy) is 3. The summed E-state index contributed by atoms with van der Waals surface area (Å²) in [5.41, 5.74) is 1.02. The molecule has 2 saturated heterocycles. The van der Waals surface area contributed by atoms with Crippen LogP contribution in [0.2, 0.25) is 0 Å². The molecule has 3 aliphatic rings. The first-order chi connectivity index (χ1) is 12.7. The van der Waals surface area contributed by atoms with Crippen molar-refractivity contribution >= 4 is 6.09 Å². The van der Waals surface area contributed by atoms with Crippen molar-refractivity contribution in [3.8, 4) is 0 Å². The van der Waals surface area contributed by atoms with E-state index in [9.17, 15) is 4.79 Å². The van der Waals surface area contributed by atoms with E-state index in [0.29, 0.717) is 12.6 Å². The van der Waals surface area contributed by atoms with Crippen LogP contribution in [0.3, 0.4) is 0 Å². The summed E-state index contributed by atoms with van der Waals surface area (Å²) < 4.78 is 17.1. The molecular formula is C20H28N2O4. The van der Waals surface area contributed by atoms with Gasteiger partial charge in [-0.25, -0.2) is 4.79 Å². The Hall–Kier alpha value is -1.63. The average molecular weight is 360 g/mol. The summed E-state index contributed by atoms with van der Waals surface area (Å²) >= 11 is 0. The van der Waals surface area contributed by atoms with E-state index in [1.165, 1.54) is 0 Å². The second-order valence-electron chi connectivity index (χ2n) is 7.40. The molecule has 0 unspecified atom stereocenters. The Bertz CT molecular complexity index is 585. The number of hydrogen-bond acceptors (Lipinski definition) is 5. The van der Waals surface area contributed by atoms with Gasteiger partial charge in [-0.1, -0.05) is 30.3 Å². The van der Waals surface area contributed by atoms with Crippen molar-refractivity contribution in [1.29, 1.82) is 0 Å². The highest BCUT2D eigenvalue weighted by Gasteiger charge is 2.42. The fraction of sp³-hybridized carbons (Fsp3) is 0.650. The Morgan fingerprint density at radius 1 is 1.04 bits per heavy atom. The van der Waals surface area contributed by atoms with Crippen molar-refractivity contribution in [3.05, 3.63) is 35.9 Å². The third-order valence-electron chi connectivity index (χ3n) is 5.82. The van der Waals surface area contributed by atoms with E-state index in [1.807, 2.05) is 35.2 Å². The molecule has 26 heavy (non-hydrogen) atoms. The van der Waals surface area contributed by atoms with E-state index in [2.05, 4.69) is 4.90 Å². The van der Waals surface area contributed by atoms with Crippen LogP contribution in [0.15, 0.2) is 30.3 Å². The van der Waals surface area contributed by atoms with Crippen LogP contribution in [-0.4, -0.2) is 67.1 Å². The first-order valence-electron chi connectivity index (χ1n) is 9.72. The standard InChI is InChI=1S/C20H28N2O4/c23-19(24-16-17-4-2-1-3-5-17)22-12-10-21(11-13-22)18-6-8-20(9-7-18)25-14-15-26-20/h1-5,18H,6-16H2. The second-order valence-corrected chi connectivity index (χ2v) is 7.40. The zero-order valence-corrected chi connectivity index (χ0v) is 15.3. The van der Waals surface area contributed by atoms with Crippen molar-refractivity contribution in [2.45, 2.75) is 44.1 Å². The van der Waals surface area contributed by atoms with E-state index in [-0.39, 0.29) is 11.9 Å². The molecule has 1 aliphatic carbocycles. The maximum atomic E-state index is 12.3. The number of piperazine rings is 1. The summed E-state index contributed by atoms with van der Waals surface area (Å²) in [7, 11) is 0. The fourth-order valence-electron chi connectivity index (χ4n) is 4.27. The number of hydrogen-bond donors (Lipinski definition) is 0. The normalized spacial score (nSPS) is 24.1. The summed E-state index contributed by atoms with van der Waals surface area (Å²) in [5.74, 6) is -0.292. The largest absolute Gasteiger partial charge is 0.445 e. The van der Waals surface area contributed by atoms with Gasteiger partial charge in [0, 0.05) is 45.1 Å².